The van der Waals surface area contributed by atoms with Crippen LogP contribution in [-0.4, -0.2) is 6.36 Å². The normalized spacial score (nSPS) is 13.0. The van der Waals surface area contributed by atoms with Gasteiger partial charge in [-0.2, -0.15) is 0 Å². The van der Waals surface area contributed by atoms with Crippen LogP contribution in [0, 0.1) is 12.7 Å². The molecule has 2 rings (SSSR count). The molecule has 2 aromatic carbocycles. The first-order valence-corrected chi connectivity index (χ1v) is 6.14. The fourth-order valence-corrected chi connectivity index (χ4v) is 2.02. The Labute approximate surface area is 119 Å². The molecular weight excluding hydrogens is 286 g/mol. The smallest absolute Gasteiger partial charge is 0.406 e. The molecule has 0 aromatic heterocycles. The van der Waals surface area contributed by atoms with E-state index in [4.69, 9.17) is 5.73 Å². The monoisotopic (exact) mass is 299 g/mol. The molecule has 6 heteroatoms. The topological polar surface area (TPSA) is 35.2 Å². The van der Waals surface area contributed by atoms with Crippen molar-refractivity contribution < 1.29 is 22.3 Å². The molecule has 0 amide bonds. The first kappa shape index (κ1) is 15.3. The highest BCUT2D eigenvalue weighted by atomic mass is 19.4. The van der Waals surface area contributed by atoms with Crippen LogP contribution < -0.4 is 10.5 Å². The first-order chi connectivity index (χ1) is 9.78. The number of halogens is 4. The number of ether oxygens (including phenoxy) is 1. The van der Waals surface area contributed by atoms with Gasteiger partial charge in [0.05, 0.1) is 6.04 Å². The molecule has 0 aliphatic heterocycles. The Kier molecular flexibility index (Phi) is 4.18. The van der Waals surface area contributed by atoms with Crippen LogP contribution in [0.2, 0.25) is 0 Å². The molecule has 2 nitrogen and oxygen atoms in total. The summed E-state index contributed by atoms with van der Waals surface area (Å²) in [5, 5.41) is 0. The van der Waals surface area contributed by atoms with Crippen LogP contribution in [0.5, 0.6) is 5.75 Å². The summed E-state index contributed by atoms with van der Waals surface area (Å²) < 4.78 is 53.5. The van der Waals surface area contributed by atoms with E-state index in [1.165, 1.54) is 30.3 Å². The van der Waals surface area contributed by atoms with Gasteiger partial charge in [-0.3, -0.25) is 0 Å². The summed E-state index contributed by atoms with van der Waals surface area (Å²) in [6.45, 7) is 1.60. The van der Waals surface area contributed by atoms with E-state index in [0.717, 1.165) is 0 Å². The summed E-state index contributed by atoms with van der Waals surface area (Å²) in [6, 6.07) is 9.13. The Morgan fingerprint density at radius 3 is 2.24 bits per heavy atom. The van der Waals surface area contributed by atoms with Gasteiger partial charge in [0, 0.05) is 0 Å². The lowest BCUT2D eigenvalue weighted by Crippen LogP contribution is -2.17. The van der Waals surface area contributed by atoms with Crippen molar-refractivity contribution in [1.29, 1.82) is 0 Å². The van der Waals surface area contributed by atoms with Gasteiger partial charge >= 0.3 is 6.36 Å². The summed E-state index contributed by atoms with van der Waals surface area (Å²) in [5.74, 6) is -0.700. The predicted octanol–water partition coefficient (Wildman–Crippen LogP) is 4.08. The quantitative estimate of drug-likeness (QED) is 0.867. The van der Waals surface area contributed by atoms with Crippen molar-refractivity contribution in [3.8, 4) is 5.75 Å². The highest BCUT2D eigenvalue weighted by Gasteiger charge is 2.31. The van der Waals surface area contributed by atoms with E-state index >= 15 is 0 Å². The second-order valence-electron chi connectivity index (χ2n) is 4.55. The van der Waals surface area contributed by atoms with Gasteiger partial charge < -0.3 is 10.5 Å². The molecule has 21 heavy (non-hydrogen) atoms. The van der Waals surface area contributed by atoms with Crippen molar-refractivity contribution in [1.82, 2.24) is 0 Å². The summed E-state index contributed by atoms with van der Waals surface area (Å²) >= 11 is 0. The van der Waals surface area contributed by atoms with Crippen molar-refractivity contribution in [2.45, 2.75) is 19.3 Å². The van der Waals surface area contributed by atoms with Gasteiger partial charge in [0.1, 0.15) is 11.6 Å². The zero-order chi connectivity index (χ0) is 15.6. The van der Waals surface area contributed by atoms with Crippen LogP contribution in [0.4, 0.5) is 17.6 Å². The lowest BCUT2D eigenvalue weighted by molar-refractivity contribution is -0.274. The van der Waals surface area contributed by atoms with Gasteiger partial charge in [0.2, 0.25) is 0 Å². The fourth-order valence-electron chi connectivity index (χ4n) is 2.02. The van der Waals surface area contributed by atoms with Gasteiger partial charge in [-0.15, -0.1) is 13.2 Å². The molecule has 0 spiro atoms. The second kappa shape index (κ2) is 5.73. The third-order valence-corrected chi connectivity index (χ3v) is 3.12. The van der Waals surface area contributed by atoms with Gasteiger partial charge in [-0.25, -0.2) is 4.39 Å². The van der Waals surface area contributed by atoms with Gasteiger partial charge in [-0.1, -0.05) is 24.3 Å². The van der Waals surface area contributed by atoms with Crippen molar-refractivity contribution in [3.63, 3.8) is 0 Å². The summed E-state index contributed by atoms with van der Waals surface area (Å²) in [7, 11) is 0. The third kappa shape index (κ3) is 3.72. The minimum absolute atomic E-state index is 0.325. The van der Waals surface area contributed by atoms with Crippen LogP contribution in [0.25, 0.3) is 0 Å². The maximum absolute atomic E-state index is 13.5. The van der Waals surface area contributed by atoms with E-state index in [-0.39, 0.29) is 11.6 Å². The van der Waals surface area contributed by atoms with Crippen LogP contribution in [0.3, 0.4) is 0 Å². The Balaban J connectivity index is 2.24. The SMILES string of the molecule is Cc1c(F)cccc1[C@@H](N)c1ccc(OC(F)(F)F)cc1. The molecule has 0 unspecified atom stereocenters. The Hall–Kier alpha value is -2.08. The number of nitrogens with two attached hydrogens (primary N) is 1. The van der Waals surface area contributed by atoms with Crippen molar-refractivity contribution >= 4 is 0 Å². The number of alkyl halides is 3. The van der Waals surface area contributed by atoms with Gasteiger partial charge in [0.15, 0.2) is 0 Å². The van der Waals surface area contributed by atoms with Crippen LogP contribution in [0.15, 0.2) is 42.5 Å². The maximum atomic E-state index is 13.5. The van der Waals surface area contributed by atoms with E-state index < -0.39 is 12.4 Å². The zero-order valence-corrected chi connectivity index (χ0v) is 11.1. The number of rotatable bonds is 3. The summed E-state index contributed by atoms with van der Waals surface area (Å²) in [4.78, 5) is 0. The lowest BCUT2D eigenvalue weighted by atomic mass is 9.95. The molecule has 0 heterocycles. The molecular formula is C15H13F4NO. The molecule has 0 aliphatic carbocycles. The highest BCUT2D eigenvalue weighted by Crippen LogP contribution is 2.27. The van der Waals surface area contributed by atoms with E-state index in [2.05, 4.69) is 4.74 Å². The average Bonchev–Trinajstić information content (AvgIpc) is 2.40. The number of hydrogen-bond acceptors (Lipinski definition) is 2. The average molecular weight is 299 g/mol. The summed E-state index contributed by atoms with van der Waals surface area (Å²) in [5.41, 5.74) is 7.60. The third-order valence-electron chi connectivity index (χ3n) is 3.12. The van der Waals surface area contributed by atoms with Crippen LogP contribution >= 0.6 is 0 Å². The standard InChI is InChI=1S/C15H13F4NO/c1-9-12(3-2-4-13(9)16)14(20)10-5-7-11(8-6-10)21-15(17,18)19/h2-8,14H,20H2,1H3/t14-/m0/s1. The molecule has 0 bridgehead atoms. The largest absolute Gasteiger partial charge is 0.573 e. The zero-order valence-electron chi connectivity index (χ0n) is 11.1. The van der Waals surface area contributed by atoms with E-state index in [9.17, 15) is 17.6 Å². The van der Waals surface area contributed by atoms with Gasteiger partial charge in [-0.05, 0) is 41.8 Å². The van der Waals surface area contributed by atoms with Crippen molar-refractivity contribution in [2.24, 2.45) is 5.73 Å². The number of benzene rings is 2. The molecule has 2 N–H and O–H groups in total. The van der Waals surface area contributed by atoms with E-state index in [1.54, 1.807) is 19.1 Å². The minimum atomic E-state index is -4.73. The van der Waals surface area contributed by atoms with E-state index in [1.807, 2.05) is 0 Å². The maximum Gasteiger partial charge on any atom is 0.573 e. The molecule has 1 atom stereocenters. The Morgan fingerprint density at radius 1 is 1.05 bits per heavy atom. The van der Waals surface area contributed by atoms with Crippen molar-refractivity contribution in [2.75, 3.05) is 0 Å². The van der Waals surface area contributed by atoms with Crippen LogP contribution in [0.1, 0.15) is 22.7 Å². The molecule has 0 fully saturated rings. The molecule has 0 radical (unpaired) electrons. The molecule has 0 saturated carbocycles. The van der Waals surface area contributed by atoms with Crippen molar-refractivity contribution in [3.05, 3.63) is 65.0 Å². The molecule has 0 saturated heterocycles. The Bertz CT molecular complexity index is 623. The van der Waals surface area contributed by atoms with E-state index in [0.29, 0.717) is 16.7 Å². The molecule has 2 aromatic rings. The second-order valence-corrected chi connectivity index (χ2v) is 4.55. The summed E-state index contributed by atoms with van der Waals surface area (Å²) in [6.07, 6.45) is -4.73. The predicted molar refractivity (Wildman–Crippen MR) is 70.3 cm³/mol. The minimum Gasteiger partial charge on any atom is -0.406 e. The number of hydrogen-bond donors (Lipinski definition) is 1. The first-order valence-electron chi connectivity index (χ1n) is 6.14. The van der Waals surface area contributed by atoms with Gasteiger partial charge in [0.25, 0.3) is 0 Å². The van der Waals surface area contributed by atoms with Crippen LogP contribution in [-0.2, 0) is 0 Å². The molecule has 112 valence electrons. The molecule has 0 aliphatic rings. The Morgan fingerprint density at radius 2 is 1.67 bits per heavy atom. The fraction of sp³-hybridized carbons (Fsp3) is 0.200. The lowest BCUT2D eigenvalue weighted by Gasteiger charge is -2.16. The highest BCUT2D eigenvalue weighted by molar-refractivity contribution is 5.39.